The van der Waals surface area contributed by atoms with Crippen LogP contribution in [0.25, 0.3) is 0 Å². The summed E-state index contributed by atoms with van der Waals surface area (Å²) in [6.07, 6.45) is 1.81. The van der Waals surface area contributed by atoms with E-state index < -0.39 is 0 Å². The third-order valence-electron chi connectivity index (χ3n) is 2.74. The van der Waals surface area contributed by atoms with E-state index in [0.717, 1.165) is 22.5 Å². The van der Waals surface area contributed by atoms with Gasteiger partial charge in [0, 0.05) is 17.6 Å². The highest BCUT2D eigenvalue weighted by Crippen LogP contribution is 2.25. The Kier molecular flexibility index (Phi) is 3.37. The van der Waals surface area contributed by atoms with Crippen LogP contribution in [0.3, 0.4) is 0 Å². The topological polar surface area (TPSA) is 77.0 Å². The first-order valence-electron chi connectivity index (χ1n) is 5.45. The van der Waals surface area contributed by atoms with Crippen molar-refractivity contribution in [2.75, 3.05) is 5.73 Å². The van der Waals surface area contributed by atoms with Crippen LogP contribution in [0.5, 0.6) is 0 Å². The second-order valence-corrected chi connectivity index (χ2v) is 3.96. The molecule has 88 valence electrons. The van der Waals surface area contributed by atoms with Crippen LogP contribution >= 0.6 is 0 Å². The number of aromatic nitrogens is 1. The number of hydrogen-bond acceptors (Lipinski definition) is 4. The quantitative estimate of drug-likeness (QED) is 0.423. The molecular formula is C13H16N4. The van der Waals surface area contributed by atoms with E-state index in [-0.39, 0.29) is 6.04 Å². The zero-order valence-corrected chi connectivity index (χ0v) is 9.72. The van der Waals surface area contributed by atoms with Crippen LogP contribution in [0.2, 0.25) is 0 Å². The van der Waals surface area contributed by atoms with Crippen molar-refractivity contribution in [2.45, 2.75) is 13.0 Å². The van der Waals surface area contributed by atoms with E-state index in [9.17, 15) is 0 Å². The molecule has 0 amide bonds. The van der Waals surface area contributed by atoms with Crippen molar-refractivity contribution in [3.05, 3.63) is 59.4 Å². The monoisotopic (exact) mass is 228 g/mol. The summed E-state index contributed by atoms with van der Waals surface area (Å²) in [6, 6.07) is 11.5. The molecule has 4 nitrogen and oxygen atoms in total. The molecule has 0 spiro atoms. The maximum Gasteiger partial charge on any atom is 0.0744 e. The lowest BCUT2D eigenvalue weighted by Gasteiger charge is -2.18. The molecule has 4 heteroatoms. The molecule has 0 aliphatic rings. The third-order valence-corrected chi connectivity index (χ3v) is 2.74. The summed E-state index contributed by atoms with van der Waals surface area (Å²) in [5.74, 6) is 5.61. The summed E-state index contributed by atoms with van der Waals surface area (Å²) in [4.78, 5) is 4.27. The van der Waals surface area contributed by atoms with Gasteiger partial charge in [0.1, 0.15) is 0 Å². The fourth-order valence-electron chi connectivity index (χ4n) is 1.79. The molecule has 2 aromatic rings. The molecule has 0 bridgehead atoms. The molecular weight excluding hydrogens is 212 g/mol. The minimum Gasteiger partial charge on any atom is -0.398 e. The number of nitrogens with one attached hydrogen (secondary N) is 1. The number of nitrogens with two attached hydrogens (primary N) is 2. The third kappa shape index (κ3) is 2.43. The Morgan fingerprint density at radius 1 is 1.18 bits per heavy atom. The molecule has 0 aliphatic carbocycles. The number of para-hydroxylation sites is 1. The predicted molar refractivity (Wildman–Crippen MR) is 69.0 cm³/mol. The molecule has 0 saturated heterocycles. The summed E-state index contributed by atoms with van der Waals surface area (Å²) in [6.45, 7) is 1.95. The Hall–Kier alpha value is -1.91. The van der Waals surface area contributed by atoms with E-state index in [1.165, 1.54) is 0 Å². The molecule has 0 saturated carbocycles. The van der Waals surface area contributed by atoms with Crippen LogP contribution in [0.4, 0.5) is 5.69 Å². The Morgan fingerprint density at radius 3 is 2.53 bits per heavy atom. The van der Waals surface area contributed by atoms with Crippen LogP contribution in [0, 0.1) is 6.92 Å². The van der Waals surface area contributed by atoms with Crippen LogP contribution in [-0.4, -0.2) is 4.98 Å². The van der Waals surface area contributed by atoms with Gasteiger partial charge in [-0.3, -0.25) is 10.8 Å². The molecule has 17 heavy (non-hydrogen) atoms. The van der Waals surface area contributed by atoms with Gasteiger partial charge in [0.05, 0.1) is 6.04 Å². The Balaban J connectivity index is 2.40. The lowest BCUT2D eigenvalue weighted by atomic mass is 9.99. The minimum atomic E-state index is -0.135. The summed E-state index contributed by atoms with van der Waals surface area (Å²) in [7, 11) is 0. The maximum absolute atomic E-state index is 5.95. The van der Waals surface area contributed by atoms with Gasteiger partial charge in [0.2, 0.25) is 0 Å². The van der Waals surface area contributed by atoms with Gasteiger partial charge in [-0.25, -0.2) is 5.43 Å². The number of hydrogen-bond donors (Lipinski definition) is 3. The lowest BCUT2D eigenvalue weighted by Crippen LogP contribution is -2.29. The van der Waals surface area contributed by atoms with Crippen molar-refractivity contribution in [3.8, 4) is 0 Å². The standard InChI is InChI=1S/C13H16N4/c1-9-6-7-10(8-16-9)13(17-15)11-4-2-3-5-12(11)14/h2-8,13,17H,14-15H2,1H3. The highest BCUT2D eigenvalue weighted by molar-refractivity contribution is 5.50. The average Bonchev–Trinajstić information content (AvgIpc) is 2.35. The Labute approximate surface area is 101 Å². The van der Waals surface area contributed by atoms with E-state index >= 15 is 0 Å². The van der Waals surface area contributed by atoms with E-state index in [0.29, 0.717) is 0 Å². The Bertz CT molecular complexity index is 493. The molecule has 0 fully saturated rings. The molecule has 1 atom stereocenters. The molecule has 1 aromatic heterocycles. The smallest absolute Gasteiger partial charge is 0.0744 e. The summed E-state index contributed by atoms with van der Waals surface area (Å²) >= 11 is 0. The van der Waals surface area contributed by atoms with Gasteiger partial charge in [-0.1, -0.05) is 24.3 Å². The normalized spacial score (nSPS) is 12.4. The molecule has 1 aromatic carbocycles. The van der Waals surface area contributed by atoms with Crippen LogP contribution < -0.4 is 17.0 Å². The van der Waals surface area contributed by atoms with Crippen molar-refractivity contribution in [2.24, 2.45) is 5.84 Å². The molecule has 2 rings (SSSR count). The van der Waals surface area contributed by atoms with Crippen molar-refractivity contribution < 1.29 is 0 Å². The average molecular weight is 228 g/mol. The summed E-state index contributed by atoms with van der Waals surface area (Å²) in [5, 5.41) is 0. The number of anilines is 1. The number of nitrogen functional groups attached to an aromatic ring is 1. The van der Waals surface area contributed by atoms with E-state index in [4.69, 9.17) is 11.6 Å². The van der Waals surface area contributed by atoms with Crippen LogP contribution in [0.15, 0.2) is 42.6 Å². The highest BCUT2D eigenvalue weighted by atomic mass is 15.2. The van der Waals surface area contributed by atoms with E-state index in [1.807, 2.05) is 49.5 Å². The van der Waals surface area contributed by atoms with Crippen molar-refractivity contribution in [1.29, 1.82) is 0 Å². The number of nitrogens with zero attached hydrogens (tertiary/aromatic N) is 1. The highest BCUT2D eigenvalue weighted by Gasteiger charge is 2.14. The van der Waals surface area contributed by atoms with Crippen molar-refractivity contribution >= 4 is 5.69 Å². The number of rotatable bonds is 3. The first kappa shape index (κ1) is 11.6. The second kappa shape index (κ2) is 4.95. The van der Waals surface area contributed by atoms with Gasteiger partial charge in [0.25, 0.3) is 0 Å². The van der Waals surface area contributed by atoms with Crippen molar-refractivity contribution in [3.63, 3.8) is 0 Å². The fourth-order valence-corrected chi connectivity index (χ4v) is 1.79. The fraction of sp³-hybridized carbons (Fsp3) is 0.154. The predicted octanol–water partition coefficient (Wildman–Crippen LogP) is 1.52. The van der Waals surface area contributed by atoms with Gasteiger partial charge in [-0.05, 0) is 30.2 Å². The van der Waals surface area contributed by atoms with Gasteiger partial charge < -0.3 is 5.73 Å². The van der Waals surface area contributed by atoms with E-state index in [1.54, 1.807) is 0 Å². The number of pyridine rings is 1. The maximum atomic E-state index is 5.95. The molecule has 0 radical (unpaired) electrons. The zero-order chi connectivity index (χ0) is 12.3. The van der Waals surface area contributed by atoms with Gasteiger partial charge in [-0.15, -0.1) is 0 Å². The Morgan fingerprint density at radius 2 is 1.94 bits per heavy atom. The largest absolute Gasteiger partial charge is 0.398 e. The summed E-state index contributed by atoms with van der Waals surface area (Å²) in [5.41, 5.74) is 12.4. The van der Waals surface area contributed by atoms with E-state index in [2.05, 4.69) is 10.4 Å². The number of aryl methyl sites for hydroxylation is 1. The summed E-state index contributed by atoms with van der Waals surface area (Å²) < 4.78 is 0. The van der Waals surface area contributed by atoms with Crippen molar-refractivity contribution in [1.82, 2.24) is 10.4 Å². The number of hydrazine groups is 1. The van der Waals surface area contributed by atoms with Gasteiger partial charge in [-0.2, -0.15) is 0 Å². The van der Waals surface area contributed by atoms with Crippen LogP contribution in [-0.2, 0) is 0 Å². The molecule has 1 unspecified atom stereocenters. The molecule has 1 heterocycles. The lowest BCUT2D eigenvalue weighted by molar-refractivity contribution is 0.636. The second-order valence-electron chi connectivity index (χ2n) is 3.96. The first-order valence-corrected chi connectivity index (χ1v) is 5.45. The van der Waals surface area contributed by atoms with Crippen LogP contribution in [0.1, 0.15) is 22.9 Å². The number of benzene rings is 1. The van der Waals surface area contributed by atoms with Gasteiger partial charge >= 0.3 is 0 Å². The zero-order valence-electron chi connectivity index (χ0n) is 9.72. The first-order chi connectivity index (χ1) is 8.22. The molecule has 5 N–H and O–H groups in total. The van der Waals surface area contributed by atoms with Gasteiger partial charge in [0.15, 0.2) is 0 Å². The molecule has 0 aliphatic heterocycles. The minimum absolute atomic E-state index is 0.135. The SMILES string of the molecule is Cc1ccc(C(NN)c2ccccc2N)cn1.